The lowest BCUT2D eigenvalue weighted by Gasteiger charge is -2.56. The average molecular weight is 642 g/mol. The number of nitrogens with one attached hydrogen (secondary N) is 2. The molecule has 2 aromatic carbocycles. The number of likely N-dealkylation sites (tertiary alicyclic amines) is 1. The number of urea groups is 1. The lowest BCUT2D eigenvalue weighted by molar-refractivity contribution is -0.276. The van der Waals surface area contributed by atoms with Crippen LogP contribution >= 0.6 is 0 Å². The van der Waals surface area contributed by atoms with Crippen molar-refractivity contribution in [2.75, 3.05) is 18.4 Å². The molecular formula is C40H55N3O4. The molecule has 9 rings (SSSR count). The van der Waals surface area contributed by atoms with Crippen LogP contribution in [-0.4, -0.2) is 46.8 Å². The van der Waals surface area contributed by atoms with Crippen molar-refractivity contribution in [2.24, 2.45) is 34.5 Å². The summed E-state index contributed by atoms with van der Waals surface area (Å²) in [4.78, 5) is 15.9. The molecule has 6 bridgehead atoms. The van der Waals surface area contributed by atoms with Gasteiger partial charge >= 0.3 is 6.03 Å². The Morgan fingerprint density at radius 3 is 2.15 bits per heavy atom. The first-order valence-corrected chi connectivity index (χ1v) is 18.4. The number of hydrogen-bond acceptors (Lipinski definition) is 5. The third-order valence-electron chi connectivity index (χ3n) is 12.9. The van der Waals surface area contributed by atoms with Crippen LogP contribution < -0.4 is 10.6 Å². The van der Waals surface area contributed by atoms with Crippen LogP contribution in [0.1, 0.15) is 115 Å². The summed E-state index contributed by atoms with van der Waals surface area (Å²) in [6.45, 7) is 11.6. The van der Waals surface area contributed by atoms with Crippen molar-refractivity contribution in [1.82, 2.24) is 10.2 Å². The van der Waals surface area contributed by atoms with Gasteiger partial charge in [0.1, 0.15) is 0 Å². The zero-order valence-corrected chi connectivity index (χ0v) is 28.8. The standard InChI is InChI=1S/C40H55N3O4/c1-25-34(21-43-24-39(4)20-33(43)19-38(2,3)23-39)46-36(47-35(25)30-7-5-26(22-44)6-8-30)31-9-11-32(12-10-31)41-37(45)42-40-16-27-13-28(17-40)15-29(14-27)18-40/h5-12,25,27-29,33-36,44H,13-24H2,1-4H3,(H2,41,42,45)/t25-,27?,28?,29?,33?,34+,35+,36+,39?,40?/m1/s1. The molecule has 6 atom stereocenters. The second-order valence-corrected chi connectivity index (χ2v) is 17.9. The lowest BCUT2D eigenvalue weighted by Crippen LogP contribution is -2.60. The molecule has 2 heterocycles. The maximum absolute atomic E-state index is 13.2. The number of nitrogens with zero attached hydrogens (tertiary/aromatic N) is 1. The van der Waals surface area contributed by atoms with Crippen molar-refractivity contribution in [1.29, 1.82) is 0 Å². The van der Waals surface area contributed by atoms with E-state index in [1.807, 2.05) is 36.4 Å². The van der Waals surface area contributed by atoms with Crippen molar-refractivity contribution >= 4 is 11.7 Å². The number of aliphatic hydroxyl groups is 1. The second-order valence-electron chi connectivity index (χ2n) is 17.9. The highest BCUT2D eigenvalue weighted by Crippen LogP contribution is 2.56. The number of aliphatic hydroxyl groups excluding tert-OH is 1. The van der Waals surface area contributed by atoms with Gasteiger partial charge in [0, 0.05) is 41.8 Å². The number of carbonyl (C=O) groups is 1. The predicted molar refractivity (Wildman–Crippen MR) is 184 cm³/mol. The van der Waals surface area contributed by atoms with Crippen LogP contribution in [0.3, 0.4) is 0 Å². The van der Waals surface area contributed by atoms with E-state index in [1.165, 1.54) is 38.5 Å². The Bertz CT molecular complexity index is 1420. The number of rotatable bonds is 7. The zero-order valence-electron chi connectivity index (χ0n) is 28.8. The van der Waals surface area contributed by atoms with Crippen molar-refractivity contribution in [3.63, 3.8) is 0 Å². The first kappa shape index (κ1) is 31.8. The fourth-order valence-electron chi connectivity index (χ4n) is 11.7. The van der Waals surface area contributed by atoms with E-state index >= 15 is 0 Å². The smallest absolute Gasteiger partial charge is 0.319 e. The number of hydrogen-bond donors (Lipinski definition) is 3. The van der Waals surface area contributed by atoms with Gasteiger partial charge in [-0.15, -0.1) is 0 Å². The number of carbonyl (C=O) groups excluding carboxylic acids is 1. The Kier molecular flexibility index (Phi) is 8.02. The molecule has 5 saturated carbocycles. The van der Waals surface area contributed by atoms with Crippen molar-refractivity contribution < 1.29 is 19.4 Å². The van der Waals surface area contributed by atoms with Crippen LogP contribution in [0.15, 0.2) is 48.5 Å². The van der Waals surface area contributed by atoms with Crippen molar-refractivity contribution in [2.45, 2.75) is 122 Å². The SMILES string of the molecule is C[C@@H]1[C@H](CN2CC3(C)CC2CC(C)(C)C3)O[C@H](c2ccc(NC(=O)NC34CC5CC(CC(C5)C3)C4)cc2)O[C@@H]1c1ccc(CO)cc1. The first-order chi connectivity index (χ1) is 22.5. The molecule has 2 aromatic rings. The summed E-state index contributed by atoms with van der Waals surface area (Å²) in [5.74, 6) is 2.53. The third kappa shape index (κ3) is 6.38. The maximum atomic E-state index is 13.2. The molecule has 2 amide bonds. The van der Waals surface area contributed by atoms with Crippen LogP contribution in [0.4, 0.5) is 10.5 Å². The molecule has 7 heteroatoms. The van der Waals surface area contributed by atoms with Crippen LogP contribution in [0, 0.1) is 34.5 Å². The van der Waals surface area contributed by atoms with Gasteiger partial charge in [-0.3, -0.25) is 4.90 Å². The van der Waals surface area contributed by atoms with E-state index in [-0.39, 0.29) is 36.3 Å². The monoisotopic (exact) mass is 641 g/mol. The van der Waals surface area contributed by atoms with E-state index in [2.05, 4.69) is 55.4 Å². The number of fused-ring (bicyclic) bond motifs is 2. The molecule has 0 radical (unpaired) electrons. The molecule has 0 aromatic heterocycles. The van der Waals surface area contributed by atoms with Gasteiger partial charge in [0.05, 0.1) is 18.8 Å². The van der Waals surface area contributed by atoms with Gasteiger partial charge in [0.2, 0.25) is 0 Å². The van der Waals surface area contributed by atoms with E-state index in [9.17, 15) is 9.90 Å². The van der Waals surface area contributed by atoms with Crippen LogP contribution in [-0.2, 0) is 16.1 Å². The van der Waals surface area contributed by atoms with E-state index < -0.39 is 6.29 Å². The molecular weight excluding hydrogens is 586 g/mol. The normalized spacial score (nSPS) is 40.4. The Hall–Kier alpha value is -2.45. The summed E-state index contributed by atoms with van der Waals surface area (Å²) in [5, 5.41) is 16.2. The quantitative estimate of drug-likeness (QED) is 0.286. The maximum Gasteiger partial charge on any atom is 0.319 e. The van der Waals surface area contributed by atoms with Gasteiger partial charge in [0.15, 0.2) is 6.29 Å². The van der Waals surface area contributed by atoms with Crippen molar-refractivity contribution in [3.05, 3.63) is 65.2 Å². The van der Waals surface area contributed by atoms with E-state index in [4.69, 9.17) is 9.47 Å². The average Bonchev–Trinajstić information content (AvgIpc) is 3.24. The summed E-state index contributed by atoms with van der Waals surface area (Å²) >= 11 is 0. The minimum Gasteiger partial charge on any atom is -0.392 e. The summed E-state index contributed by atoms with van der Waals surface area (Å²) < 4.78 is 13.6. The summed E-state index contributed by atoms with van der Waals surface area (Å²) in [6, 6.07) is 16.7. The Morgan fingerprint density at radius 1 is 0.872 bits per heavy atom. The fourth-order valence-corrected chi connectivity index (χ4v) is 11.7. The lowest BCUT2D eigenvalue weighted by atomic mass is 9.53. The molecule has 7 fully saturated rings. The number of ether oxygens (including phenoxy) is 2. The van der Waals surface area contributed by atoms with Gasteiger partial charge in [-0.1, -0.05) is 64.1 Å². The first-order valence-electron chi connectivity index (χ1n) is 18.4. The summed E-state index contributed by atoms with van der Waals surface area (Å²) in [5.41, 5.74) is 4.48. The number of anilines is 1. The predicted octanol–water partition coefficient (Wildman–Crippen LogP) is 7.96. The van der Waals surface area contributed by atoms with Gasteiger partial charge in [-0.25, -0.2) is 4.79 Å². The van der Waals surface area contributed by atoms with Gasteiger partial charge in [-0.2, -0.15) is 0 Å². The third-order valence-corrected chi connectivity index (χ3v) is 12.9. The van der Waals surface area contributed by atoms with Crippen LogP contribution in [0.2, 0.25) is 0 Å². The summed E-state index contributed by atoms with van der Waals surface area (Å²) in [6.07, 6.45) is 10.6. The van der Waals surface area contributed by atoms with E-state index in [0.717, 1.165) is 72.5 Å². The van der Waals surface area contributed by atoms with Crippen LogP contribution in [0.25, 0.3) is 0 Å². The number of amides is 2. The Balaban J connectivity index is 0.977. The van der Waals surface area contributed by atoms with Gasteiger partial charge in [0.25, 0.3) is 0 Å². The highest BCUT2D eigenvalue weighted by Gasteiger charge is 2.52. The zero-order chi connectivity index (χ0) is 32.6. The fraction of sp³-hybridized carbons (Fsp3) is 0.675. The van der Waals surface area contributed by atoms with Crippen molar-refractivity contribution in [3.8, 4) is 0 Å². The molecule has 2 unspecified atom stereocenters. The minimum absolute atomic E-state index is 0.00573. The minimum atomic E-state index is -0.511. The second kappa shape index (κ2) is 11.9. The molecule has 5 aliphatic carbocycles. The van der Waals surface area contributed by atoms with Crippen LogP contribution in [0.5, 0.6) is 0 Å². The molecule has 7 aliphatic rings. The topological polar surface area (TPSA) is 83.1 Å². The molecule has 2 aliphatic heterocycles. The van der Waals surface area contributed by atoms with Gasteiger partial charge in [-0.05, 0) is 110 Å². The highest BCUT2D eigenvalue weighted by atomic mass is 16.7. The summed E-state index contributed by atoms with van der Waals surface area (Å²) in [7, 11) is 0. The molecule has 47 heavy (non-hydrogen) atoms. The number of benzene rings is 2. The Labute approximate surface area is 281 Å². The molecule has 2 saturated heterocycles. The van der Waals surface area contributed by atoms with Gasteiger partial charge < -0.3 is 25.2 Å². The van der Waals surface area contributed by atoms with E-state index in [1.54, 1.807) is 0 Å². The van der Waals surface area contributed by atoms with E-state index in [0.29, 0.717) is 16.9 Å². The molecule has 254 valence electrons. The highest BCUT2D eigenvalue weighted by molar-refractivity contribution is 5.89. The molecule has 3 N–H and O–H groups in total. The molecule has 7 nitrogen and oxygen atoms in total. The molecule has 0 spiro atoms. The Morgan fingerprint density at radius 2 is 1.51 bits per heavy atom. The largest absolute Gasteiger partial charge is 0.392 e.